The Balaban J connectivity index is 1.97. The Morgan fingerprint density at radius 2 is 1.83 bits per heavy atom. The van der Waals surface area contributed by atoms with Crippen molar-refractivity contribution in [3.8, 4) is 0 Å². The minimum Gasteiger partial charge on any atom is -0.481 e. The molecule has 0 spiro atoms. The summed E-state index contributed by atoms with van der Waals surface area (Å²) >= 11 is 1.61. The van der Waals surface area contributed by atoms with Gasteiger partial charge in [0.25, 0.3) is 0 Å². The summed E-state index contributed by atoms with van der Waals surface area (Å²) in [5.74, 6) is -1.16. The van der Waals surface area contributed by atoms with Gasteiger partial charge in [-0.2, -0.15) is 0 Å². The van der Waals surface area contributed by atoms with Crippen LogP contribution in [0.2, 0.25) is 0 Å². The average Bonchev–Trinajstić information content (AvgIpc) is 2.94. The van der Waals surface area contributed by atoms with E-state index in [1.807, 2.05) is 52.0 Å². The molecule has 3 rings (SSSR count). The molecule has 1 aliphatic heterocycles. The van der Waals surface area contributed by atoms with E-state index in [1.54, 1.807) is 11.3 Å². The molecule has 2 aromatic rings. The predicted molar refractivity (Wildman–Crippen MR) is 92.9 cm³/mol. The summed E-state index contributed by atoms with van der Waals surface area (Å²) in [5, 5.41) is 10.5. The van der Waals surface area contributed by atoms with Crippen LogP contribution in [0, 0.1) is 0 Å². The van der Waals surface area contributed by atoms with E-state index < -0.39 is 24.3 Å². The average molecular weight is 332 g/mol. The Kier molecular flexibility index (Phi) is 4.03. The summed E-state index contributed by atoms with van der Waals surface area (Å²) in [6, 6.07) is 10.1. The van der Waals surface area contributed by atoms with Crippen LogP contribution in [0.25, 0.3) is 10.1 Å². The van der Waals surface area contributed by atoms with Gasteiger partial charge in [0.15, 0.2) is 0 Å². The lowest BCUT2D eigenvalue weighted by molar-refractivity contribution is -0.137. The molecule has 1 aromatic carbocycles. The van der Waals surface area contributed by atoms with Crippen LogP contribution < -0.4 is 0 Å². The zero-order valence-electron chi connectivity index (χ0n) is 13.8. The molecule has 23 heavy (non-hydrogen) atoms. The Morgan fingerprint density at radius 1 is 1.22 bits per heavy atom. The third-order valence-electron chi connectivity index (χ3n) is 4.80. The second-order valence-electron chi connectivity index (χ2n) is 7.02. The molecule has 1 fully saturated rings. The first-order valence-electron chi connectivity index (χ1n) is 7.75. The van der Waals surface area contributed by atoms with Crippen LogP contribution in [0.15, 0.2) is 30.3 Å². The number of carboxylic acid groups (broad SMARTS) is 1. The molecule has 6 heteroatoms. The summed E-state index contributed by atoms with van der Waals surface area (Å²) in [6.45, 7) is 7.93. The van der Waals surface area contributed by atoms with E-state index in [9.17, 15) is 9.90 Å². The number of rotatable bonds is 4. The van der Waals surface area contributed by atoms with Crippen molar-refractivity contribution in [2.45, 2.75) is 51.1 Å². The molecular formula is C17H21BO4S. The SMILES string of the molecule is CC1(C)OB(C(CC(=O)O)c2cc3ccccc3s2)OC1(C)C. The van der Waals surface area contributed by atoms with Crippen LogP contribution in [0.1, 0.15) is 44.8 Å². The maximum atomic E-state index is 11.4. The zero-order chi connectivity index (χ0) is 16.8. The highest BCUT2D eigenvalue weighted by Gasteiger charge is 2.54. The van der Waals surface area contributed by atoms with Crippen LogP contribution in [0.5, 0.6) is 0 Å². The standard InChI is InChI=1S/C17H21BO4S/c1-16(2)17(3,4)22-18(21-16)12(10-15(19)20)14-9-11-7-5-6-8-13(11)23-14/h5-9,12H,10H2,1-4H3,(H,19,20). The minimum absolute atomic E-state index is 0.0103. The van der Waals surface area contributed by atoms with Crippen LogP contribution in [-0.4, -0.2) is 29.4 Å². The Morgan fingerprint density at radius 3 is 2.39 bits per heavy atom. The molecule has 1 N–H and O–H groups in total. The minimum atomic E-state index is -0.845. The summed E-state index contributed by atoms with van der Waals surface area (Å²) in [6.07, 6.45) is -0.0103. The van der Waals surface area contributed by atoms with E-state index in [4.69, 9.17) is 9.31 Å². The molecule has 0 aliphatic carbocycles. The smallest absolute Gasteiger partial charge is 0.467 e. The number of benzene rings is 1. The molecule has 122 valence electrons. The molecule has 1 saturated heterocycles. The van der Waals surface area contributed by atoms with Gasteiger partial charge < -0.3 is 14.4 Å². The number of carbonyl (C=O) groups is 1. The third kappa shape index (κ3) is 3.03. The molecule has 1 atom stereocenters. The fraction of sp³-hybridized carbons (Fsp3) is 0.471. The van der Waals surface area contributed by atoms with E-state index >= 15 is 0 Å². The Hall–Kier alpha value is -1.37. The first-order valence-corrected chi connectivity index (χ1v) is 8.57. The van der Waals surface area contributed by atoms with E-state index in [2.05, 4.69) is 6.07 Å². The number of carboxylic acids is 1. The van der Waals surface area contributed by atoms with Gasteiger partial charge in [-0.1, -0.05) is 18.2 Å². The summed E-state index contributed by atoms with van der Waals surface area (Å²) in [7, 11) is -0.552. The van der Waals surface area contributed by atoms with Gasteiger partial charge in [-0.25, -0.2) is 0 Å². The van der Waals surface area contributed by atoms with E-state index in [-0.39, 0.29) is 12.2 Å². The molecule has 2 heterocycles. The number of hydrogen-bond acceptors (Lipinski definition) is 4. The largest absolute Gasteiger partial charge is 0.481 e. The molecular weight excluding hydrogens is 311 g/mol. The lowest BCUT2D eigenvalue weighted by atomic mass is 9.69. The quantitative estimate of drug-likeness (QED) is 0.857. The van der Waals surface area contributed by atoms with Gasteiger partial charge in [0.2, 0.25) is 0 Å². The molecule has 0 radical (unpaired) electrons. The lowest BCUT2D eigenvalue weighted by Crippen LogP contribution is -2.41. The van der Waals surface area contributed by atoms with Crippen molar-refractivity contribution in [2.24, 2.45) is 0 Å². The first-order chi connectivity index (χ1) is 10.7. The summed E-state index contributed by atoms with van der Waals surface area (Å²) in [4.78, 5) is 12.4. The number of hydrogen-bond donors (Lipinski definition) is 1. The fourth-order valence-electron chi connectivity index (χ4n) is 2.76. The normalized spacial score (nSPS) is 20.8. The molecule has 0 amide bonds. The fourth-order valence-corrected chi connectivity index (χ4v) is 3.93. The van der Waals surface area contributed by atoms with Crippen LogP contribution in [0.3, 0.4) is 0 Å². The second kappa shape index (κ2) is 5.62. The van der Waals surface area contributed by atoms with Crippen molar-refractivity contribution in [3.05, 3.63) is 35.2 Å². The van der Waals surface area contributed by atoms with Gasteiger partial charge in [0.1, 0.15) is 0 Å². The van der Waals surface area contributed by atoms with Crippen LogP contribution >= 0.6 is 11.3 Å². The number of thiophene rings is 1. The highest BCUT2D eigenvalue weighted by atomic mass is 32.1. The Labute approximate surface area is 140 Å². The summed E-state index contributed by atoms with van der Waals surface area (Å²) in [5.41, 5.74) is -0.934. The topological polar surface area (TPSA) is 55.8 Å². The maximum absolute atomic E-state index is 11.4. The van der Waals surface area contributed by atoms with Crippen molar-refractivity contribution in [1.82, 2.24) is 0 Å². The molecule has 0 bridgehead atoms. The molecule has 1 unspecified atom stereocenters. The van der Waals surface area contributed by atoms with Crippen molar-refractivity contribution in [2.75, 3.05) is 0 Å². The van der Waals surface area contributed by atoms with Gasteiger partial charge >= 0.3 is 13.1 Å². The van der Waals surface area contributed by atoms with E-state index in [1.165, 1.54) is 0 Å². The highest BCUT2D eigenvalue weighted by Crippen LogP contribution is 2.43. The Bertz CT molecular complexity index is 688. The molecule has 1 aromatic heterocycles. The van der Waals surface area contributed by atoms with Gasteiger partial charge in [-0.05, 0) is 45.2 Å². The van der Waals surface area contributed by atoms with Crippen molar-refractivity contribution >= 4 is 34.5 Å². The van der Waals surface area contributed by atoms with Gasteiger partial charge in [-0.15, -0.1) is 11.3 Å². The van der Waals surface area contributed by atoms with Gasteiger partial charge in [0.05, 0.1) is 17.6 Å². The van der Waals surface area contributed by atoms with Crippen molar-refractivity contribution < 1.29 is 19.2 Å². The van der Waals surface area contributed by atoms with Gasteiger partial charge in [0, 0.05) is 15.4 Å². The summed E-state index contributed by atoms with van der Waals surface area (Å²) < 4.78 is 13.3. The van der Waals surface area contributed by atoms with Crippen molar-refractivity contribution in [1.29, 1.82) is 0 Å². The number of fused-ring (bicyclic) bond motifs is 1. The predicted octanol–water partition coefficient (Wildman–Crippen LogP) is 4.09. The molecule has 4 nitrogen and oxygen atoms in total. The second-order valence-corrected chi connectivity index (χ2v) is 8.13. The monoisotopic (exact) mass is 332 g/mol. The highest BCUT2D eigenvalue weighted by molar-refractivity contribution is 7.19. The maximum Gasteiger partial charge on any atom is 0.467 e. The first kappa shape index (κ1) is 16.5. The van der Waals surface area contributed by atoms with Gasteiger partial charge in [-0.3, -0.25) is 4.79 Å². The molecule has 0 saturated carbocycles. The van der Waals surface area contributed by atoms with Crippen LogP contribution in [0.4, 0.5) is 0 Å². The van der Waals surface area contributed by atoms with E-state index in [0.717, 1.165) is 15.0 Å². The zero-order valence-corrected chi connectivity index (χ0v) is 14.6. The number of aliphatic carboxylic acids is 1. The third-order valence-corrected chi connectivity index (χ3v) is 6.05. The van der Waals surface area contributed by atoms with Crippen LogP contribution in [-0.2, 0) is 14.1 Å². The van der Waals surface area contributed by atoms with E-state index in [0.29, 0.717) is 0 Å². The lowest BCUT2D eigenvalue weighted by Gasteiger charge is -2.32. The van der Waals surface area contributed by atoms with Crippen molar-refractivity contribution in [3.63, 3.8) is 0 Å². The molecule has 1 aliphatic rings.